The Morgan fingerprint density at radius 2 is 1.94 bits per heavy atom. The summed E-state index contributed by atoms with van der Waals surface area (Å²) in [7, 11) is 0. The van der Waals surface area contributed by atoms with E-state index in [9.17, 15) is 4.79 Å². The van der Waals surface area contributed by atoms with Gasteiger partial charge >= 0.3 is 0 Å². The van der Waals surface area contributed by atoms with Crippen molar-refractivity contribution in [3.05, 3.63) is 51.1 Å². The second-order valence-electron chi connectivity index (χ2n) is 3.65. The fourth-order valence-electron chi connectivity index (χ4n) is 1.49. The number of hydrogen-bond donors (Lipinski definition) is 2. The quantitative estimate of drug-likeness (QED) is 0.656. The molecular formula is C12H9BrClN3O. The van der Waals surface area contributed by atoms with E-state index in [2.05, 4.69) is 20.9 Å². The van der Waals surface area contributed by atoms with Gasteiger partial charge in [0.15, 0.2) is 5.78 Å². The average molecular weight is 327 g/mol. The fourth-order valence-corrected chi connectivity index (χ4v) is 2.08. The molecule has 0 saturated heterocycles. The van der Waals surface area contributed by atoms with Gasteiger partial charge in [-0.1, -0.05) is 27.5 Å². The summed E-state index contributed by atoms with van der Waals surface area (Å²) in [4.78, 5) is 16.2. The lowest BCUT2D eigenvalue weighted by molar-refractivity contribution is 0.103. The van der Waals surface area contributed by atoms with E-state index in [1.54, 1.807) is 18.2 Å². The van der Waals surface area contributed by atoms with Crippen LogP contribution < -0.4 is 11.5 Å². The number of nitrogen functional groups attached to an aromatic ring is 2. The van der Waals surface area contributed by atoms with Crippen LogP contribution in [0.25, 0.3) is 0 Å². The zero-order valence-corrected chi connectivity index (χ0v) is 11.5. The number of nitrogens with zero attached hydrogens (tertiary/aromatic N) is 1. The number of carbonyl (C=O) groups excluding carboxylic acids is 1. The Hall–Kier alpha value is -1.59. The van der Waals surface area contributed by atoms with Crippen molar-refractivity contribution in [3.63, 3.8) is 0 Å². The Balaban J connectivity index is 2.54. The van der Waals surface area contributed by atoms with Crippen LogP contribution in [0.3, 0.4) is 0 Å². The van der Waals surface area contributed by atoms with Gasteiger partial charge in [0.2, 0.25) is 0 Å². The maximum absolute atomic E-state index is 12.3. The summed E-state index contributed by atoms with van der Waals surface area (Å²) < 4.78 is 0.640. The second kappa shape index (κ2) is 4.96. The molecule has 0 aliphatic heterocycles. The minimum atomic E-state index is -0.276. The van der Waals surface area contributed by atoms with Gasteiger partial charge in [-0.25, -0.2) is 4.98 Å². The van der Waals surface area contributed by atoms with E-state index in [4.69, 9.17) is 23.1 Å². The molecule has 6 heteroatoms. The zero-order chi connectivity index (χ0) is 13.3. The first-order valence-electron chi connectivity index (χ1n) is 5.00. The SMILES string of the molecule is Nc1ccc(Br)c(C(=O)c2cc(Cl)cnc2N)c1. The highest BCUT2D eigenvalue weighted by atomic mass is 79.9. The highest BCUT2D eigenvalue weighted by molar-refractivity contribution is 9.10. The lowest BCUT2D eigenvalue weighted by atomic mass is 10.0. The van der Waals surface area contributed by atoms with Gasteiger partial charge in [0.25, 0.3) is 0 Å². The number of hydrogen-bond acceptors (Lipinski definition) is 4. The molecule has 4 N–H and O–H groups in total. The summed E-state index contributed by atoms with van der Waals surface area (Å²) in [5.41, 5.74) is 12.5. The predicted molar refractivity (Wildman–Crippen MR) is 75.6 cm³/mol. The van der Waals surface area contributed by atoms with Gasteiger partial charge in [0.05, 0.1) is 10.6 Å². The van der Waals surface area contributed by atoms with Gasteiger partial charge in [0, 0.05) is 21.9 Å². The van der Waals surface area contributed by atoms with Gasteiger partial charge in [-0.15, -0.1) is 0 Å². The van der Waals surface area contributed by atoms with E-state index in [1.807, 2.05) is 0 Å². The molecule has 92 valence electrons. The van der Waals surface area contributed by atoms with Gasteiger partial charge in [-0.05, 0) is 24.3 Å². The molecule has 2 aromatic rings. The minimum Gasteiger partial charge on any atom is -0.399 e. The number of pyridine rings is 1. The van der Waals surface area contributed by atoms with Crippen LogP contribution in [-0.4, -0.2) is 10.8 Å². The molecule has 0 aliphatic carbocycles. The Kier molecular flexibility index (Phi) is 3.54. The molecule has 2 rings (SSSR count). The van der Waals surface area contributed by atoms with E-state index in [-0.39, 0.29) is 17.2 Å². The number of anilines is 2. The lowest BCUT2D eigenvalue weighted by Gasteiger charge is -2.07. The first-order chi connectivity index (χ1) is 8.49. The number of benzene rings is 1. The molecule has 0 fully saturated rings. The van der Waals surface area contributed by atoms with Gasteiger partial charge in [0.1, 0.15) is 5.82 Å². The van der Waals surface area contributed by atoms with Crippen LogP contribution in [0.1, 0.15) is 15.9 Å². The molecule has 18 heavy (non-hydrogen) atoms. The topological polar surface area (TPSA) is 82.0 Å². The molecular weight excluding hydrogens is 318 g/mol. The highest BCUT2D eigenvalue weighted by Gasteiger charge is 2.16. The third-order valence-corrected chi connectivity index (χ3v) is 3.26. The molecule has 0 spiro atoms. The fraction of sp³-hybridized carbons (Fsp3) is 0. The molecule has 0 atom stereocenters. The molecule has 1 aromatic carbocycles. The van der Waals surface area contributed by atoms with Crippen LogP contribution in [0.5, 0.6) is 0 Å². The Bertz CT molecular complexity index is 577. The molecule has 0 saturated carbocycles. The summed E-state index contributed by atoms with van der Waals surface area (Å²) in [5.74, 6) is -0.139. The monoisotopic (exact) mass is 325 g/mol. The van der Waals surface area contributed by atoms with Crippen molar-refractivity contribution in [3.8, 4) is 0 Å². The third-order valence-electron chi connectivity index (χ3n) is 2.36. The van der Waals surface area contributed by atoms with Gasteiger partial charge in [-0.2, -0.15) is 0 Å². The molecule has 0 aliphatic rings. The minimum absolute atomic E-state index is 0.138. The van der Waals surface area contributed by atoms with Gasteiger partial charge < -0.3 is 11.5 Å². The standard InChI is InChI=1S/C12H9BrClN3O/c13-10-2-1-7(15)4-8(10)11(18)9-3-6(14)5-17-12(9)16/h1-5H,15H2,(H2,16,17). The number of rotatable bonds is 2. The molecule has 1 aromatic heterocycles. The van der Waals surface area contributed by atoms with Crippen molar-refractivity contribution >= 4 is 44.8 Å². The van der Waals surface area contributed by atoms with Crippen molar-refractivity contribution in [2.24, 2.45) is 0 Å². The number of aromatic nitrogens is 1. The lowest BCUT2D eigenvalue weighted by Crippen LogP contribution is -2.08. The molecule has 0 bridgehead atoms. The Labute approximate surface area is 117 Å². The van der Waals surface area contributed by atoms with E-state index in [0.29, 0.717) is 20.7 Å². The summed E-state index contributed by atoms with van der Waals surface area (Å²) >= 11 is 9.11. The molecule has 4 nitrogen and oxygen atoms in total. The summed E-state index contributed by atoms with van der Waals surface area (Å²) in [6.07, 6.45) is 1.39. The summed E-state index contributed by atoms with van der Waals surface area (Å²) in [5, 5.41) is 0.354. The second-order valence-corrected chi connectivity index (χ2v) is 4.95. The predicted octanol–water partition coefficient (Wildman–Crippen LogP) is 2.89. The van der Waals surface area contributed by atoms with Crippen LogP contribution >= 0.6 is 27.5 Å². The van der Waals surface area contributed by atoms with Crippen molar-refractivity contribution in [2.45, 2.75) is 0 Å². The van der Waals surface area contributed by atoms with Crippen molar-refractivity contribution < 1.29 is 4.79 Å². The highest BCUT2D eigenvalue weighted by Crippen LogP contribution is 2.25. The third kappa shape index (κ3) is 2.47. The Morgan fingerprint density at radius 3 is 2.67 bits per heavy atom. The first kappa shape index (κ1) is 12.9. The van der Waals surface area contributed by atoms with Crippen molar-refractivity contribution in [2.75, 3.05) is 11.5 Å². The van der Waals surface area contributed by atoms with Crippen LogP contribution in [0.2, 0.25) is 5.02 Å². The number of carbonyl (C=O) groups is 1. The van der Waals surface area contributed by atoms with Crippen LogP contribution in [-0.2, 0) is 0 Å². The average Bonchev–Trinajstić information content (AvgIpc) is 2.34. The van der Waals surface area contributed by atoms with E-state index in [0.717, 1.165) is 0 Å². The van der Waals surface area contributed by atoms with Crippen molar-refractivity contribution in [1.29, 1.82) is 0 Å². The van der Waals surface area contributed by atoms with Crippen molar-refractivity contribution in [1.82, 2.24) is 4.98 Å². The van der Waals surface area contributed by atoms with Crippen LogP contribution in [0, 0.1) is 0 Å². The Morgan fingerprint density at radius 1 is 1.22 bits per heavy atom. The normalized spacial score (nSPS) is 10.3. The van der Waals surface area contributed by atoms with E-state index < -0.39 is 0 Å². The number of ketones is 1. The summed E-state index contributed by atoms with van der Waals surface area (Å²) in [6, 6.07) is 6.46. The van der Waals surface area contributed by atoms with Crippen LogP contribution in [0.4, 0.5) is 11.5 Å². The zero-order valence-electron chi connectivity index (χ0n) is 9.15. The van der Waals surface area contributed by atoms with Crippen LogP contribution in [0.15, 0.2) is 34.9 Å². The van der Waals surface area contributed by atoms with E-state index >= 15 is 0 Å². The smallest absolute Gasteiger partial charge is 0.197 e. The largest absolute Gasteiger partial charge is 0.399 e. The number of halogens is 2. The first-order valence-corrected chi connectivity index (χ1v) is 6.17. The molecule has 0 unspecified atom stereocenters. The molecule has 1 heterocycles. The number of nitrogens with two attached hydrogens (primary N) is 2. The maximum Gasteiger partial charge on any atom is 0.197 e. The van der Waals surface area contributed by atoms with Gasteiger partial charge in [-0.3, -0.25) is 4.79 Å². The molecule has 0 amide bonds. The maximum atomic E-state index is 12.3. The van der Waals surface area contributed by atoms with E-state index in [1.165, 1.54) is 12.3 Å². The molecule has 0 radical (unpaired) electrons. The summed E-state index contributed by atoms with van der Waals surface area (Å²) in [6.45, 7) is 0.